The third-order valence-corrected chi connectivity index (χ3v) is 5.04. The van der Waals surface area contributed by atoms with Crippen LogP contribution in [0.1, 0.15) is 18.5 Å². The molecule has 1 amide bonds. The number of aromatic nitrogens is 5. The number of anilines is 2. The van der Waals surface area contributed by atoms with Gasteiger partial charge in [-0.3, -0.25) is 9.78 Å². The van der Waals surface area contributed by atoms with E-state index in [4.69, 9.17) is 5.10 Å². The summed E-state index contributed by atoms with van der Waals surface area (Å²) in [5.74, 6) is 1.36. The number of benzene rings is 1. The van der Waals surface area contributed by atoms with E-state index in [1.165, 1.54) is 0 Å². The first-order valence-electron chi connectivity index (χ1n) is 9.83. The molecule has 0 saturated heterocycles. The van der Waals surface area contributed by atoms with Gasteiger partial charge in [0.25, 0.3) is 5.91 Å². The summed E-state index contributed by atoms with van der Waals surface area (Å²) in [6.07, 6.45) is 5.08. The van der Waals surface area contributed by atoms with E-state index in [0.29, 0.717) is 28.9 Å². The molecule has 8 heteroatoms. The first-order valence-corrected chi connectivity index (χ1v) is 9.83. The summed E-state index contributed by atoms with van der Waals surface area (Å²) in [7, 11) is 0. The van der Waals surface area contributed by atoms with Crippen molar-refractivity contribution < 1.29 is 4.79 Å². The number of carbonyl (C=O) groups is 1. The lowest BCUT2D eigenvalue weighted by Gasteiger charge is -2.28. The fraction of sp³-hybridized carbons (Fsp3) is 0.0870. The second-order valence-corrected chi connectivity index (χ2v) is 7.09. The number of pyridine rings is 2. The van der Waals surface area contributed by atoms with E-state index in [0.717, 1.165) is 11.1 Å². The number of hydrogen-bond donors (Lipinski definition) is 2. The molecule has 2 N–H and O–H groups in total. The number of nitrogens with one attached hydrogen (secondary N) is 2. The number of hydrogen-bond acceptors (Lipinski definition) is 6. The predicted octanol–water partition coefficient (Wildman–Crippen LogP) is 3.66. The van der Waals surface area contributed by atoms with Crippen LogP contribution in [0.2, 0.25) is 0 Å². The van der Waals surface area contributed by atoms with E-state index in [-0.39, 0.29) is 5.91 Å². The molecule has 1 aromatic carbocycles. The van der Waals surface area contributed by atoms with Gasteiger partial charge >= 0.3 is 0 Å². The number of amides is 1. The Morgan fingerprint density at radius 3 is 2.61 bits per heavy atom. The molecule has 4 heterocycles. The third-order valence-electron chi connectivity index (χ3n) is 5.04. The fourth-order valence-electron chi connectivity index (χ4n) is 3.62. The Bertz CT molecular complexity index is 1250. The zero-order valence-electron chi connectivity index (χ0n) is 16.7. The summed E-state index contributed by atoms with van der Waals surface area (Å²) in [4.78, 5) is 26.4. The van der Waals surface area contributed by atoms with Gasteiger partial charge in [-0.1, -0.05) is 42.5 Å². The highest BCUT2D eigenvalue weighted by Gasteiger charge is 2.34. The molecule has 31 heavy (non-hydrogen) atoms. The molecule has 0 fully saturated rings. The average Bonchev–Trinajstić information content (AvgIpc) is 3.23. The predicted molar refractivity (Wildman–Crippen MR) is 117 cm³/mol. The lowest BCUT2D eigenvalue weighted by molar-refractivity contribution is -0.113. The molecule has 0 spiro atoms. The number of allylic oxidation sites excluding steroid dienone is 1. The van der Waals surface area contributed by atoms with Crippen LogP contribution in [0.5, 0.6) is 0 Å². The molecule has 152 valence electrons. The molecule has 1 unspecified atom stereocenters. The highest BCUT2D eigenvalue weighted by Crippen LogP contribution is 2.36. The minimum absolute atomic E-state index is 0.264. The summed E-state index contributed by atoms with van der Waals surface area (Å²) in [6.45, 7) is 1.86. The summed E-state index contributed by atoms with van der Waals surface area (Å²) >= 11 is 0. The third kappa shape index (κ3) is 3.55. The Hall–Kier alpha value is -4.33. The van der Waals surface area contributed by atoms with Gasteiger partial charge in [0, 0.05) is 29.9 Å². The Morgan fingerprint density at radius 1 is 1.03 bits per heavy atom. The molecule has 0 aliphatic carbocycles. The van der Waals surface area contributed by atoms with Gasteiger partial charge in [0.1, 0.15) is 11.9 Å². The van der Waals surface area contributed by atoms with Crippen molar-refractivity contribution in [1.82, 2.24) is 24.7 Å². The van der Waals surface area contributed by atoms with Gasteiger partial charge < -0.3 is 10.6 Å². The summed E-state index contributed by atoms with van der Waals surface area (Å²) in [5, 5.41) is 10.9. The van der Waals surface area contributed by atoms with Crippen LogP contribution in [0.25, 0.3) is 11.4 Å². The molecule has 0 saturated carbocycles. The van der Waals surface area contributed by atoms with Crippen LogP contribution in [0.3, 0.4) is 0 Å². The minimum Gasteiger partial charge on any atom is -0.328 e. The van der Waals surface area contributed by atoms with Crippen LogP contribution in [0.4, 0.5) is 11.8 Å². The monoisotopic (exact) mass is 409 g/mol. The number of carbonyl (C=O) groups excluding carboxylic acids is 1. The van der Waals surface area contributed by atoms with Crippen molar-refractivity contribution in [2.75, 3.05) is 10.6 Å². The van der Waals surface area contributed by atoms with E-state index >= 15 is 0 Å². The molecular weight excluding hydrogens is 390 g/mol. The zero-order valence-corrected chi connectivity index (χ0v) is 16.7. The van der Waals surface area contributed by atoms with Crippen molar-refractivity contribution in [1.29, 1.82) is 0 Å². The van der Waals surface area contributed by atoms with Crippen molar-refractivity contribution in [2.45, 2.75) is 13.0 Å². The number of fused-ring (bicyclic) bond motifs is 1. The van der Waals surface area contributed by atoms with Crippen LogP contribution in [0, 0.1) is 0 Å². The number of nitrogens with zero attached hydrogens (tertiary/aromatic N) is 5. The Labute approximate surface area is 178 Å². The van der Waals surface area contributed by atoms with Crippen molar-refractivity contribution >= 4 is 17.7 Å². The highest BCUT2D eigenvalue weighted by molar-refractivity contribution is 6.05. The van der Waals surface area contributed by atoms with Gasteiger partial charge in [-0.25, -0.2) is 9.67 Å². The molecule has 3 aromatic heterocycles. The van der Waals surface area contributed by atoms with Crippen LogP contribution in [-0.2, 0) is 4.79 Å². The maximum Gasteiger partial charge on any atom is 0.257 e. The van der Waals surface area contributed by atoms with Gasteiger partial charge in [-0.2, -0.15) is 4.98 Å². The summed E-state index contributed by atoms with van der Waals surface area (Å²) in [6, 6.07) is 18.4. The SMILES string of the molecule is CC1=C(C(=O)Nc2ccccn2)C(c2cccnc2)n2nc(-c3ccccc3)nc2N1. The highest BCUT2D eigenvalue weighted by atomic mass is 16.1. The largest absolute Gasteiger partial charge is 0.328 e. The van der Waals surface area contributed by atoms with Gasteiger partial charge in [0.05, 0.1) is 5.57 Å². The van der Waals surface area contributed by atoms with Crippen LogP contribution >= 0.6 is 0 Å². The van der Waals surface area contributed by atoms with E-state index in [2.05, 4.69) is 25.6 Å². The van der Waals surface area contributed by atoms with Crippen molar-refractivity contribution in [2.24, 2.45) is 0 Å². The van der Waals surface area contributed by atoms with Crippen LogP contribution < -0.4 is 10.6 Å². The molecule has 8 nitrogen and oxygen atoms in total. The van der Waals surface area contributed by atoms with Gasteiger partial charge in [0.15, 0.2) is 5.82 Å². The molecule has 0 radical (unpaired) electrons. The summed E-state index contributed by atoms with van der Waals surface area (Å²) < 4.78 is 1.74. The van der Waals surface area contributed by atoms with Gasteiger partial charge in [-0.15, -0.1) is 5.10 Å². The second kappa shape index (κ2) is 7.83. The summed E-state index contributed by atoms with van der Waals surface area (Å²) in [5.41, 5.74) is 2.95. The number of rotatable bonds is 4. The lowest BCUT2D eigenvalue weighted by Crippen LogP contribution is -2.31. The maximum atomic E-state index is 13.3. The van der Waals surface area contributed by atoms with Crippen LogP contribution in [-0.4, -0.2) is 30.6 Å². The molecule has 1 atom stereocenters. The maximum absolute atomic E-state index is 13.3. The fourth-order valence-corrected chi connectivity index (χ4v) is 3.62. The average molecular weight is 409 g/mol. The Balaban J connectivity index is 1.60. The normalized spacial score (nSPS) is 15.2. The van der Waals surface area contributed by atoms with Crippen molar-refractivity contribution in [3.8, 4) is 11.4 Å². The van der Waals surface area contributed by atoms with E-state index in [9.17, 15) is 4.79 Å². The topological polar surface area (TPSA) is 97.6 Å². The smallest absolute Gasteiger partial charge is 0.257 e. The first-order chi connectivity index (χ1) is 15.2. The molecule has 1 aliphatic heterocycles. The molecule has 5 rings (SSSR count). The zero-order chi connectivity index (χ0) is 21.2. The first kappa shape index (κ1) is 18.7. The van der Waals surface area contributed by atoms with E-state index in [1.54, 1.807) is 35.4 Å². The molecule has 4 aromatic rings. The van der Waals surface area contributed by atoms with E-state index < -0.39 is 6.04 Å². The van der Waals surface area contributed by atoms with Gasteiger partial charge in [0.2, 0.25) is 5.95 Å². The quantitative estimate of drug-likeness (QED) is 0.534. The molecule has 1 aliphatic rings. The standard InChI is InChI=1S/C23H19N7O/c1-15-19(22(31)27-18-11-5-6-13-25-18)20(17-10-7-12-24-14-17)30-23(26-15)28-21(29-30)16-8-3-2-4-9-16/h2-14,20H,1H3,(H,25,27,31)(H,26,28,29). The van der Waals surface area contributed by atoms with Crippen molar-refractivity contribution in [3.05, 3.63) is 96.1 Å². The van der Waals surface area contributed by atoms with Crippen molar-refractivity contribution in [3.63, 3.8) is 0 Å². The second-order valence-electron chi connectivity index (χ2n) is 7.09. The van der Waals surface area contributed by atoms with Gasteiger partial charge in [-0.05, 0) is 30.7 Å². The van der Waals surface area contributed by atoms with Crippen LogP contribution in [0.15, 0.2) is 90.5 Å². The molecular formula is C23H19N7O. The lowest BCUT2D eigenvalue weighted by atomic mass is 9.96. The minimum atomic E-state index is -0.487. The van der Waals surface area contributed by atoms with E-state index in [1.807, 2.05) is 55.5 Å². The Kier molecular flexibility index (Phi) is 4.72. The Morgan fingerprint density at radius 2 is 1.87 bits per heavy atom. The molecule has 0 bridgehead atoms.